The van der Waals surface area contributed by atoms with Crippen LogP contribution in [0.25, 0.3) is 0 Å². The predicted molar refractivity (Wildman–Crippen MR) is 60.2 cm³/mol. The van der Waals surface area contributed by atoms with Gasteiger partial charge in [-0.05, 0) is 25.1 Å². The van der Waals surface area contributed by atoms with E-state index in [1.807, 2.05) is 0 Å². The average molecular weight is 249 g/mol. The molecule has 0 radical (unpaired) electrons. The molecule has 6 heteroatoms. The third kappa shape index (κ3) is 3.95. The number of urea groups is 1. The molecule has 15 heavy (non-hydrogen) atoms. The van der Waals surface area contributed by atoms with E-state index in [1.165, 1.54) is 0 Å². The number of amides is 2. The van der Waals surface area contributed by atoms with E-state index in [0.29, 0.717) is 22.3 Å². The van der Waals surface area contributed by atoms with Crippen LogP contribution in [0.4, 0.5) is 10.5 Å². The summed E-state index contributed by atoms with van der Waals surface area (Å²) in [7, 11) is 0. The smallest absolute Gasteiger partial charge is 0.306 e. The highest BCUT2D eigenvalue weighted by molar-refractivity contribution is 6.42. The maximum absolute atomic E-state index is 11.1. The van der Waals surface area contributed by atoms with E-state index in [-0.39, 0.29) is 0 Å². The minimum absolute atomic E-state index is 0.380. The van der Waals surface area contributed by atoms with Gasteiger partial charge in [0.15, 0.2) is 0 Å². The molecule has 0 saturated heterocycles. The molecule has 0 aliphatic carbocycles. The molecular weight excluding hydrogens is 239 g/mol. The molecule has 2 N–H and O–H groups in total. The number of anilines is 1. The molecule has 1 aromatic rings. The molecule has 0 spiro atoms. The maximum atomic E-state index is 11.1. The molecule has 0 heterocycles. The standard InChI is InChI=1S/C9H10Cl2N2O2/c1-2-15-13-9(14)12-6-3-4-7(10)8(11)5-6/h3-5H,2H2,1H3,(H2,12,13,14). The first-order chi connectivity index (χ1) is 7.13. The van der Waals surface area contributed by atoms with Crippen molar-refractivity contribution in [1.29, 1.82) is 0 Å². The van der Waals surface area contributed by atoms with Gasteiger partial charge in [0.05, 0.1) is 16.7 Å². The number of benzene rings is 1. The fourth-order valence-corrected chi connectivity index (χ4v) is 1.17. The highest BCUT2D eigenvalue weighted by atomic mass is 35.5. The SMILES string of the molecule is CCONC(=O)Nc1ccc(Cl)c(Cl)c1. The zero-order chi connectivity index (χ0) is 11.3. The van der Waals surface area contributed by atoms with Crippen LogP contribution in [0.3, 0.4) is 0 Å². The van der Waals surface area contributed by atoms with Crippen LogP contribution in [-0.4, -0.2) is 12.6 Å². The van der Waals surface area contributed by atoms with Gasteiger partial charge in [0.1, 0.15) is 0 Å². The Bertz CT molecular complexity index is 358. The number of hydrogen-bond donors (Lipinski definition) is 2. The van der Waals surface area contributed by atoms with Gasteiger partial charge in [0.2, 0.25) is 0 Å². The van der Waals surface area contributed by atoms with Gasteiger partial charge in [-0.2, -0.15) is 0 Å². The number of hydrogen-bond acceptors (Lipinski definition) is 2. The van der Waals surface area contributed by atoms with Gasteiger partial charge in [-0.3, -0.25) is 4.84 Å². The molecule has 0 saturated carbocycles. The lowest BCUT2D eigenvalue weighted by Crippen LogP contribution is -2.28. The van der Waals surface area contributed by atoms with Gasteiger partial charge in [0, 0.05) is 5.69 Å². The van der Waals surface area contributed by atoms with Crippen LogP contribution in [0.2, 0.25) is 10.0 Å². The number of rotatable bonds is 3. The molecule has 1 aromatic carbocycles. The Balaban J connectivity index is 2.57. The van der Waals surface area contributed by atoms with Crippen molar-refractivity contribution in [1.82, 2.24) is 5.48 Å². The van der Waals surface area contributed by atoms with Crippen molar-refractivity contribution in [2.24, 2.45) is 0 Å². The Morgan fingerprint density at radius 1 is 1.40 bits per heavy atom. The van der Waals surface area contributed by atoms with Gasteiger partial charge in [-0.15, -0.1) is 0 Å². The molecular formula is C9H10Cl2N2O2. The fourth-order valence-electron chi connectivity index (χ4n) is 0.868. The van der Waals surface area contributed by atoms with Crippen molar-refractivity contribution in [3.8, 4) is 0 Å². The second kappa shape index (κ2) is 5.80. The third-order valence-electron chi connectivity index (χ3n) is 1.49. The molecule has 1 rings (SSSR count). The zero-order valence-electron chi connectivity index (χ0n) is 8.01. The molecule has 0 aliphatic heterocycles. The Hall–Kier alpha value is -0.970. The summed E-state index contributed by atoms with van der Waals surface area (Å²) in [6, 6.07) is 4.32. The van der Waals surface area contributed by atoms with E-state index in [0.717, 1.165) is 0 Å². The van der Waals surface area contributed by atoms with Crippen molar-refractivity contribution >= 4 is 34.9 Å². The quantitative estimate of drug-likeness (QED) is 0.809. The Morgan fingerprint density at radius 3 is 2.73 bits per heavy atom. The Kier molecular flexibility index (Phi) is 4.68. The molecule has 0 unspecified atom stereocenters. The van der Waals surface area contributed by atoms with Gasteiger partial charge >= 0.3 is 6.03 Å². The third-order valence-corrected chi connectivity index (χ3v) is 2.23. The first kappa shape index (κ1) is 12.1. The fraction of sp³-hybridized carbons (Fsp3) is 0.222. The highest BCUT2D eigenvalue weighted by Crippen LogP contribution is 2.24. The molecule has 4 nitrogen and oxygen atoms in total. The van der Waals surface area contributed by atoms with Crippen LogP contribution in [0.15, 0.2) is 18.2 Å². The van der Waals surface area contributed by atoms with Gasteiger partial charge in [-0.25, -0.2) is 10.3 Å². The van der Waals surface area contributed by atoms with Crippen LogP contribution in [-0.2, 0) is 4.84 Å². The van der Waals surface area contributed by atoms with E-state index in [2.05, 4.69) is 10.8 Å². The van der Waals surface area contributed by atoms with Crippen molar-refractivity contribution in [3.05, 3.63) is 28.2 Å². The van der Waals surface area contributed by atoms with E-state index in [9.17, 15) is 4.79 Å². The number of hydroxylamine groups is 1. The van der Waals surface area contributed by atoms with E-state index < -0.39 is 6.03 Å². The molecule has 0 atom stereocenters. The van der Waals surface area contributed by atoms with Crippen LogP contribution < -0.4 is 10.8 Å². The summed E-state index contributed by atoms with van der Waals surface area (Å²) in [5.41, 5.74) is 2.73. The molecule has 0 fully saturated rings. The van der Waals surface area contributed by atoms with Crippen molar-refractivity contribution in [3.63, 3.8) is 0 Å². The monoisotopic (exact) mass is 248 g/mol. The summed E-state index contributed by atoms with van der Waals surface area (Å²) in [4.78, 5) is 15.8. The minimum Gasteiger partial charge on any atom is -0.306 e. The maximum Gasteiger partial charge on any atom is 0.343 e. The van der Waals surface area contributed by atoms with Gasteiger partial charge in [0.25, 0.3) is 0 Å². The van der Waals surface area contributed by atoms with Crippen molar-refractivity contribution < 1.29 is 9.63 Å². The summed E-state index contributed by atoms with van der Waals surface area (Å²) in [5.74, 6) is 0. The van der Waals surface area contributed by atoms with Crippen LogP contribution in [0, 0.1) is 0 Å². The average Bonchev–Trinajstić information content (AvgIpc) is 2.20. The van der Waals surface area contributed by atoms with Gasteiger partial charge in [-0.1, -0.05) is 23.2 Å². The van der Waals surface area contributed by atoms with Crippen LogP contribution in [0.5, 0.6) is 0 Å². The van der Waals surface area contributed by atoms with E-state index in [1.54, 1.807) is 25.1 Å². The molecule has 82 valence electrons. The first-order valence-corrected chi connectivity index (χ1v) is 5.03. The number of carbonyl (C=O) groups is 1. The summed E-state index contributed by atoms with van der Waals surface area (Å²) >= 11 is 11.5. The van der Waals surface area contributed by atoms with Gasteiger partial charge < -0.3 is 5.32 Å². The molecule has 0 aliphatic rings. The second-order valence-corrected chi connectivity index (χ2v) is 3.43. The number of carbonyl (C=O) groups excluding carboxylic acids is 1. The van der Waals surface area contributed by atoms with Crippen molar-refractivity contribution in [2.45, 2.75) is 6.92 Å². The van der Waals surface area contributed by atoms with Crippen molar-refractivity contribution in [2.75, 3.05) is 11.9 Å². The van der Waals surface area contributed by atoms with E-state index >= 15 is 0 Å². The summed E-state index contributed by atoms with van der Waals surface area (Å²) in [6.45, 7) is 2.16. The second-order valence-electron chi connectivity index (χ2n) is 2.62. The Morgan fingerprint density at radius 2 is 2.13 bits per heavy atom. The Labute approximate surface area is 97.5 Å². The topological polar surface area (TPSA) is 50.4 Å². The van der Waals surface area contributed by atoms with Crippen LogP contribution >= 0.6 is 23.2 Å². The highest BCUT2D eigenvalue weighted by Gasteiger charge is 2.03. The normalized spacial score (nSPS) is 9.80. The lowest BCUT2D eigenvalue weighted by molar-refractivity contribution is 0.0758. The first-order valence-electron chi connectivity index (χ1n) is 4.27. The zero-order valence-corrected chi connectivity index (χ0v) is 9.52. The molecule has 0 bridgehead atoms. The van der Waals surface area contributed by atoms with Crippen LogP contribution in [0.1, 0.15) is 6.92 Å². The number of halogens is 2. The lowest BCUT2D eigenvalue weighted by Gasteiger charge is -2.07. The minimum atomic E-state index is -0.463. The molecule has 2 amide bonds. The lowest BCUT2D eigenvalue weighted by atomic mass is 10.3. The predicted octanol–water partition coefficient (Wildman–Crippen LogP) is 3.07. The van der Waals surface area contributed by atoms with E-state index in [4.69, 9.17) is 28.0 Å². The largest absolute Gasteiger partial charge is 0.343 e. The summed E-state index contributed by atoms with van der Waals surface area (Å²) < 4.78 is 0. The number of nitrogens with one attached hydrogen (secondary N) is 2. The summed E-state index contributed by atoms with van der Waals surface area (Å²) in [6.07, 6.45) is 0. The molecule has 0 aromatic heterocycles. The summed E-state index contributed by atoms with van der Waals surface area (Å²) in [5, 5.41) is 3.34.